The number of aryl methyl sites for hydroxylation is 1. The summed E-state index contributed by atoms with van der Waals surface area (Å²) in [6.07, 6.45) is 3.32. The third-order valence-corrected chi connectivity index (χ3v) is 3.49. The van der Waals surface area contributed by atoms with Crippen LogP contribution in [-0.2, 0) is 6.42 Å². The van der Waals surface area contributed by atoms with E-state index in [0.717, 1.165) is 35.5 Å². The molecule has 1 unspecified atom stereocenters. The number of halogens is 1. The first-order chi connectivity index (χ1) is 8.22. The van der Waals surface area contributed by atoms with Gasteiger partial charge in [0, 0.05) is 17.5 Å². The van der Waals surface area contributed by atoms with Crippen molar-refractivity contribution < 1.29 is 4.42 Å². The minimum absolute atomic E-state index is 0.513. The number of aromatic nitrogens is 1. The fraction of sp³-hybridized carbons (Fsp3) is 0.462. The molecule has 0 saturated carbocycles. The van der Waals surface area contributed by atoms with Gasteiger partial charge >= 0.3 is 0 Å². The number of benzene rings is 1. The van der Waals surface area contributed by atoms with Crippen molar-refractivity contribution in [3.8, 4) is 0 Å². The van der Waals surface area contributed by atoms with Crippen LogP contribution >= 0.6 is 11.6 Å². The molecule has 3 rings (SSSR count). The maximum absolute atomic E-state index is 6.01. The lowest BCUT2D eigenvalue weighted by Crippen LogP contribution is -2.23. The second-order valence-electron chi connectivity index (χ2n) is 4.68. The smallest absolute Gasteiger partial charge is 0.197 e. The predicted octanol–water partition coefficient (Wildman–Crippen LogP) is 3.08. The van der Waals surface area contributed by atoms with Crippen molar-refractivity contribution in [3.05, 3.63) is 28.6 Å². The summed E-state index contributed by atoms with van der Waals surface area (Å²) < 4.78 is 5.81. The van der Waals surface area contributed by atoms with Crippen LogP contribution in [0.5, 0.6) is 0 Å². The number of hydrogen-bond acceptors (Lipinski definition) is 3. The van der Waals surface area contributed by atoms with Crippen LogP contribution in [0.3, 0.4) is 0 Å². The Morgan fingerprint density at radius 3 is 3.18 bits per heavy atom. The lowest BCUT2D eigenvalue weighted by molar-refractivity contribution is 0.477. The van der Waals surface area contributed by atoms with Crippen LogP contribution in [0, 0.1) is 6.92 Å². The molecule has 0 spiro atoms. The van der Waals surface area contributed by atoms with Gasteiger partial charge in [-0.05, 0) is 44.0 Å². The number of nitrogens with zero attached hydrogens (tertiary/aromatic N) is 1. The third kappa shape index (κ3) is 2.17. The van der Waals surface area contributed by atoms with E-state index in [9.17, 15) is 0 Å². The Morgan fingerprint density at radius 2 is 2.41 bits per heavy atom. The van der Waals surface area contributed by atoms with E-state index in [0.29, 0.717) is 11.1 Å². The Bertz CT molecular complexity index is 544. The first-order valence-electron chi connectivity index (χ1n) is 6.01. The van der Waals surface area contributed by atoms with Crippen LogP contribution in [0.1, 0.15) is 24.3 Å². The van der Waals surface area contributed by atoms with E-state index in [4.69, 9.17) is 16.0 Å². The minimum Gasteiger partial charge on any atom is -0.440 e. The molecule has 1 saturated heterocycles. The van der Waals surface area contributed by atoms with Gasteiger partial charge in [0.25, 0.3) is 0 Å². The van der Waals surface area contributed by atoms with E-state index in [2.05, 4.69) is 10.3 Å². The molecule has 1 N–H and O–H groups in total. The molecular weight excluding hydrogens is 236 g/mol. The second kappa shape index (κ2) is 4.31. The Morgan fingerprint density at radius 1 is 1.53 bits per heavy atom. The van der Waals surface area contributed by atoms with Crippen molar-refractivity contribution in [2.75, 3.05) is 6.54 Å². The van der Waals surface area contributed by atoms with Gasteiger partial charge in [0.05, 0.1) is 0 Å². The average Bonchev–Trinajstić information content (AvgIpc) is 2.87. The molecule has 1 fully saturated rings. The van der Waals surface area contributed by atoms with Gasteiger partial charge in [-0.1, -0.05) is 11.6 Å². The molecule has 1 aliphatic rings. The molecule has 0 amide bonds. The van der Waals surface area contributed by atoms with Crippen LogP contribution in [0.15, 0.2) is 16.5 Å². The molecule has 1 aromatic heterocycles. The molecule has 4 heteroatoms. The Balaban J connectivity index is 1.93. The van der Waals surface area contributed by atoms with Crippen LogP contribution in [-0.4, -0.2) is 17.6 Å². The summed E-state index contributed by atoms with van der Waals surface area (Å²) in [5, 5.41) is 4.17. The van der Waals surface area contributed by atoms with Crippen LogP contribution in [0.2, 0.25) is 5.02 Å². The fourth-order valence-corrected chi connectivity index (χ4v) is 2.70. The fourth-order valence-electron chi connectivity index (χ4n) is 2.43. The van der Waals surface area contributed by atoms with Crippen molar-refractivity contribution in [1.82, 2.24) is 10.3 Å². The van der Waals surface area contributed by atoms with Crippen molar-refractivity contribution >= 4 is 22.7 Å². The lowest BCUT2D eigenvalue weighted by atomic mass is 10.2. The van der Waals surface area contributed by atoms with Gasteiger partial charge in [-0.25, -0.2) is 4.98 Å². The van der Waals surface area contributed by atoms with E-state index in [-0.39, 0.29) is 0 Å². The van der Waals surface area contributed by atoms with Crippen LogP contribution in [0.25, 0.3) is 11.1 Å². The molecular formula is C13H15ClN2O. The molecule has 1 aliphatic heterocycles. The highest BCUT2D eigenvalue weighted by atomic mass is 35.5. The number of nitrogens with one attached hydrogen (secondary N) is 1. The predicted molar refractivity (Wildman–Crippen MR) is 68.5 cm³/mol. The zero-order valence-electron chi connectivity index (χ0n) is 9.79. The van der Waals surface area contributed by atoms with Crippen LogP contribution in [0.4, 0.5) is 0 Å². The number of oxazole rings is 1. The van der Waals surface area contributed by atoms with Gasteiger partial charge in [-0.3, -0.25) is 0 Å². The third-order valence-electron chi connectivity index (χ3n) is 3.27. The molecule has 2 aromatic rings. The van der Waals surface area contributed by atoms with Crippen molar-refractivity contribution in [1.29, 1.82) is 0 Å². The number of rotatable bonds is 2. The summed E-state index contributed by atoms with van der Waals surface area (Å²) >= 11 is 6.01. The van der Waals surface area contributed by atoms with Crippen molar-refractivity contribution in [2.45, 2.75) is 32.2 Å². The largest absolute Gasteiger partial charge is 0.440 e. The lowest BCUT2D eigenvalue weighted by Gasteiger charge is -2.05. The van der Waals surface area contributed by atoms with Crippen molar-refractivity contribution in [3.63, 3.8) is 0 Å². The minimum atomic E-state index is 0.513. The molecule has 1 aromatic carbocycles. The topological polar surface area (TPSA) is 38.1 Å². The SMILES string of the molecule is Cc1cc(Cl)cc2nc(CC3CCCN3)oc12. The van der Waals surface area contributed by atoms with Crippen LogP contribution < -0.4 is 5.32 Å². The molecule has 0 radical (unpaired) electrons. The Kier molecular flexibility index (Phi) is 2.81. The normalized spacial score (nSPS) is 20.2. The summed E-state index contributed by atoms with van der Waals surface area (Å²) in [5.41, 5.74) is 2.77. The zero-order valence-corrected chi connectivity index (χ0v) is 10.5. The maximum Gasteiger partial charge on any atom is 0.197 e. The van der Waals surface area contributed by atoms with Crippen molar-refractivity contribution in [2.24, 2.45) is 0 Å². The maximum atomic E-state index is 6.01. The highest BCUT2D eigenvalue weighted by molar-refractivity contribution is 6.31. The molecule has 0 aliphatic carbocycles. The highest BCUT2D eigenvalue weighted by Crippen LogP contribution is 2.25. The molecule has 0 bridgehead atoms. The Labute approximate surface area is 105 Å². The monoisotopic (exact) mass is 250 g/mol. The molecule has 3 nitrogen and oxygen atoms in total. The summed E-state index contributed by atoms with van der Waals surface area (Å²) in [5.74, 6) is 0.810. The quantitative estimate of drug-likeness (QED) is 0.890. The van der Waals surface area contributed by atoms with Gasteiger partial charge in [0.15, 0.2) is 11.5 Å². The molecule has 1 atom stereocenters. The van der Waals surface area contributed by atoms with E-state index < -0.39 is 0 Å². The van der Waals surface area contributed by atoms with E-state index in [1.54, 1.807) is 0 Å². The highest BCUT2D eigenvalue weighted by Gasteiger charge is 2.18. The second-order valence-corrected chi connectivity index (χ2v) is 5.11. The molecule has 17 heavy (non-hydrogen) atoms. The van der Waals surface area contributed by atoms with E-state index in [1.165, 1.54) is 12.8 Å². The van der Waals surface area contributed by atoms with Gasteiger partial charge < -0.3 is 9.73 Å². The summed E-state index contributed by atoms with van der Waals surface area (Å²) in [6, 6.07) is 4.28. The number of fused-ring (bicyclic) bond motifs is 1. The summed E-state index contributed by atoms with van der Waals surface area (Å²) in [4.78, 5) is 4.51. The van der Waals surface area contributed by atoms with E-state index >= 15 is 0 Å². The zero-order chi connectivity index (χ0) is 11.8. The molecule has 90 valence electrons. The van der Waals surface area contributed by atoms with Gasteiger partial charge in [-0.2, -0.15) is 0 Å². The first-order valence-corrected chi connectivity index (χ1v) is 6.39. The summed E-state index contributed by atoms with van der Waals surface area (Å²) in [6.45, 7) is 3.10. The van der Waals surface area contributed by atoms with Gasteiger partial charge in [-0.15, -0.1) is 0 Å². The van der Waals surface area contributed by atoms with Gasteiger partial charge in [0.1, 0.15) is 5.52 Å². The first kappa shape index (κ1) is 11.1. The average molecular weight is 251 g/mol. The van der Waals surface area contributed by atoms with E-state index in [1.807, 2.05) is 19.1 Å². The Hall–Kier alpha value is -1.06. The summed E-state index contributed by atoms with van der Waals surface area (Å²) in [7, 11) is 0. The molecule has 2 heterocycles. The standard InChI is InChI=1S/C13H15ClN2O/c1-8-5-9(14)6-11-13(8)17-12(16-11)7-10-3-2-4-15-10/h5-6,10,15H,2-4,7H2,1H3. The van der Waals surface area contributed by atoms with Gasteiger partial charge in [0.2, 0.25) is 0 Å². The number of hydrogen-bond donors (Lipinski definition) is 1.